The highest BCUT2D eigenvalue weighted by atomic mass is 35.5. The van der Waals surface area contributed by atoms with Gasteiger partial charge in [0.1, 0.15) is 12.1 Å². The molecule has 3 heterocycles. The van der Waals surface area contributed by atoms with Crippen molar-refractivity contribution in [2.24, 2.45) is 0 Å². The summed E-state index contributed by atoms with van der Waals surface area (Å²) in [6.07, 6.45) is 8.15. The van der Waals surface area contributed by atoms with Gasteiger partial charge in [0.15, 0.2) is 17.0 Å². The van der Waals surface area contributed by atoms with Gasteiger partial charge >= 0.3 is 0 Å². The number of fused-ring (bicyclic) bond motifs is 1. The minimum absolute atomic E-state index is 0.000882. The maximum Gasteiger partial charge on any atom is 0.226 e. The second-order valence-electron chi connectivity index (χ2n) is 6.49. The smallest absolute Gasteiger partial charge is 0.226 e. The van der Waals surface area contributed by atoms with Gasteiger partial charge in [0.05, 0.1) is 0 Å². The second-order valence-corrected chi connectivity index (χ2v) is 6.83. The number of anilines is 1. The van der Waals surface area contributed by atoms with E-state index in [1.165, 1.54) is 25.7 Å². The molecule has 0 radical (unpaired) electrons. The molecule has 2 aliphatic rings. The fraction of sp³-hybridized carbons (Fsp3) is 0.688. The number of hydrogen-bond donors (Lipinski definition) is 1. The van der Waals surface area contributed by atoms with Gasteiger partial charge in [0.2, 0.25) is 5.28 Å². The van der Waals surface area contributed by atoms with Crippen LogP contribution in [0.5, 0.6) is 0 Å². The molecule has 2 fully saturated rings. The van der Waals surface area contributed by atoms with Crippen molar-refractivity contribution in [2.45, 2.75) is 64.1 Å². The quantitative estimate of drug-likeness (QED) is 0.863. The predicted octanol–water partition coefficient (Wildman–Crippen LogP) is 3.84. The molecule has 0 amide bonds. The number of nitrogens with zero attached hydrogens (tertiary/aromatic N) is 4. The molecule has 0 aromatic carbocycles. The number of aryl methyl sites for hydroxylation is 1. The van der Waals surface area contributed by atoms with Crippen LogP contribution in [-0.2, 0) is 4.74 Å². The van der Waals surface area contributed by atoms with Gasteiger partial charge in [0, 0.05) is 12.6 Å². The van der Waals surface area contributed by atoms with Crippen molar-refractivity contribution < 1.29 is 4.74 Å². The molecule has 1 aliphatic carbocycles. The minimum atomic E-state index is -0.000882. The first kappa shape index (κ1) is 15.1. The van der Waals surface area contributed by atoms with Gasteiger partial charge in [-0.15, -0.1) is 0 Å². The lowest BCUT2D eigenvalue weighted by atomic mass is 10.2. The van der Waals surface area contributed by atoms with E-state index in [-0.39, 0.29) is 11.5 Å². The van der Waals surface area contributed by atoms with Crippen LogP contribution in [-0.4, -0.2) is 32.2 Å². The van der Waals surface area contributed by atoms with Gasteiger partial charge in [-0.05, 0) is 50.6 Å². The van der Waals surface area contributed by atoms with Crippen molar-refractivity contribution in [2.75, 3.05) is 11.9 Å². The molecule has 1 saturated heterocycles. The molecule has 2 aromatic rings. The van der Waals surface area contributed by atoms with Crippen LogP contribution in [0.4, 0.5) is 5.82 Å². The molecule has 1 saturated carbocycles. The molecule has 124 valence electrons. The van der Waals surface area contributed by atoms with Gasteiger partial charge in [-0.2, -0.15) is 9.97 Å². The number of nitrogens with one attached hydrogen (secondary N) is 1. The van der Waals surface area contributed by atoms with Gasteiger partial charge in [0.25, 0.3) is 0 Å². The third-order valence-corrected chi connectivity index (χ3v) is 5.00. The standard InChI is InChI=1S/C16H22ClN5O/c1-10-18-13-14(19-11-6-2-3-7-11)20-16(17)21-15(13)22(10)12-8-4-5-9-23-12/h11-12H,2-9H2,1H3,(H,19,20,21). The Bertz CT molecular complexity index is 704. The fourth-order valence-electron chi connectivity index (χ4n) is 3.69. The van der Waals surface area contributed by atoms with E-state index in [9.17, 15) is 0 Å². The molecule has 23 heavy (non-hydrogen) atoms. The third-order valence-electron chi connectivity index (χ3n) is 4.83. The Hall–Kier alpha value is -1.40. The minimum Gasteiger partial charge on any atom is -0.365 e. The van der Waals surface area contributed by atoms with Crippen LogP contribution in [0.2, 0.25) is 5.28 Å². The summed E-state index contributed by atoms with van der Waals surface area (Å²) in [7, 11) is 0. The molecule has 1 N–H and O–H groups in total. The van der Waals surface area contributed by atoms with E-state index in [0.29, 0.717) is 6.04 Å². The molecule has 1 atom stereocenters. The topological polar surface area (TPSA) is 64.9 Å². The molecular weight excluding hydrogens is 314 g/mol. The summed E-state index contributed by atoms with van der Waals surface area (Å²) in [5.74, 6) is 1.66. The summed E-state index contributed by atoms with van der Waals surface area (Å²) >= 11 is 6.19. The first-order valence-electron chi connectivity index (χ1n) is 8.52. The monoisotopic (exact) mass is 335 g/mol. The average Bonchev–Trinajstić information content (AvgIpc) is 3.15. The van der Waals surface area contributed by atoms with Crippen molar-refractivity contribution in [1.82, 2.24) is 19.5 Å². The normalized spacial score (nSPS) is 22.8. The third kappa shape index (κ3) is 2.90. The van der Waals surface area contributed by atoms with E-state index in [2.05, 4.69) is 19.9 Å². The number of imidazole rings is 1. The Balaban J connectivity index is 1.76. The van der Waals surface area contributed by atoms with Gasteiger partial charge < -0.3 is 10.1 Å². The molecule has 1 unspecified atom stereocenters. The van der Waals surface area contributed by atoms with Crippen molar-refractivity contribution in [1.29, 1.82) is 0 Å². The average molecular weight is 336 g/mol. The van der Waals surface area contributed by atoms with Crippen LogP contribution in [0.1, 0.15) is 57.0 Å². The van der Waals surface area contributed by atoms with Crippen LogP contribution in [0.25, 0.3) is 11.2 Å². The lowest BCUT2D eigenvalue weighted by Gasteiger charge is -2.25. The summed E-state index contributed by atoms with van der Waals surface area (Å²) in [5, 5.41) is 3.78. The molecule has 0 bridgehead atoms. The Morgan fingerprint density at radius 1 is 1.09 bits per heavy atom. The molecule has 0 spiro atoms. The van der Waals surface area contributed by atoms with Crippen LogP contribution in [0, 0.1) is 6.92 Å². The number of rotatable bonds is 3. The Kier molecular flexibility index (Phi) is 4.11. The van der Waals surface area contributed by atoms with Crippen molar-refractivity contribution >= 4 is 28.6 Å². The van der Waals surface area contributed by atoms with E-state index >= 15 is 0 Å². The molecule has 1 aliphatic heterocycles. The zero-order valence-electron chi connectivity index (χ0n) is 13.4. The van der Waals surface area contributed by atoms with Gasteiger partial charge in [-0.1, -0.05) is 12.8 Å². The highest BCUT2D eigenvalue weighted by Gasteiger charge is 2.25. The van der Waals surface area contributed by atoms with Crippen LogP contribution < -0.4 is 5.32 Å². The van der Waals surface area contributed by atoms with Gasteiger partial charge in [-0.25, -0.2) is 4.98 Å². The first-order valence-corrected chi connectivity index (χ1v) is 8.90. The summed E-state index contributed by atoms with van der Waals surface area (Å²) in [5.41, 5.74) is 1.57. The first-order chi connectivity index (χ1) is 11.2. The predicted molar refractivity (Wildman–Crippen MR) is 89.8 cm³/mol. The number of halogens is 1. The molecular formula is C16H22ClN5O. The highest BCUT2D eigenvalue weighted by Crippen LogP contribution is 2.31. The fourth-order valence-corrected chi connectivity index (χ4v) is 3.86. The van der Waals surface area contributed by atoms with Crippen LogP contribution in [0.15, 0.2) is 0 Å². The van der Waals surface area contributed by atoms with E-state index < -0.39 is 0 Å². The molecule has 6 nitrogen and oxygen atoms in total. The SMILES string of the molecule is Cc1nc2c(NC3CCCC3)nc(Cl)nc2n1C1CCCCO1. The van der Waals surface area contributed by atoms with Crippen molar-refractivity contribution in [3.05, 3.63) is 11.1 Å². The van der Waals surface area contributed by atoms with Crippen LogP contribution >= 0.6 is 11.6 Å². The summed E-state index contributed by atoms with van der Waals surface area (Å²) < 4.78 is 7.99. The second kappa shape index (κ2) is 6.24. The van der Waals surface area contributed by atoms with Crippen LogP contribution in [0.3, 0.4) is 0 Å². The summed E-state index contributed by atoms with van der Waals surface area (Å²) in [6, 6.07) is 0.459. The zero-order valence-corrected chi connectivity index (χ0v) is 14.1. The van der Waals surface area contributed by atoms with E-state index in [4.69, 9.17) is 21.3 Å². The number of aromatic nitrogens is 4. The Morgan fingerprint density at radius 3 is 2.61 bits per heavy atom. The largest absolute Gasteiger partial charge is 0.365 e. The molecule has 7 heteroatoms. The Labute approximate surface area is 140 Å². The zero-order chi connectivity index (χ0) is 15.8. The summed E-state index contributed by atoms with van der Waals surface area (Å²) in [4.78, 5) is 13.5. The molecule has 4 rings (SSSR count). The highest BCUT2D eigenvalue weighted by molar-refractivity contribution is 6.28. The lowest BCUT2D eigenvalue weighted by Crippen LogP contribution is -2.20. The van der Waals surface area contributed by atoms with E-state index in [1.54, 1.807) is 0 Å². The Morgan fingerprint density at radius 2 is 1.87 bits per heavy atom. The van der Waals surface area contributed by atoms with E-state index in [0.717, 1.165) is 48.7 Å². The maximum atomic E-state index is 6.19. The van der Waals surface area contributed by atoms with Crippen molar-refractivity contribution in [3.8, 4) is 0 Å². The van der Waals surface area contributed by atoms with E-state index in [1.807, 2.05) is 6.92 Å². The number of ether oxygens (including phenoxy) is 1. The number of hydrogen-bond acceptors (Lipinski definition) is 5. The van der Waals surface area contributed by atoms with Crippen molar-refractivity contribution in [3.63, 3.8) is 0 Å². The van der Waals surface area contributed by atoms with Gasteiger partial charge in [-0.3, -0.25) is 4.57 Å². The summed E-state index contributed by atoms with van der Waals surface area (Å²) in [6.45, 7) is 2.78. The maximum absolute atomic E-state index is 6.19. The molecule has 2 aromatic heterocycles. The lowest BCUT2D eigenvalue weighted by molar-refractivity contribution is -0.0309.